The van der Waals surface area contributed by atoms with Crippen molar-refractivity contribution in [1.29, 1.82) is 0 Å². The number of carbonyl (C=O) groups is 2. The summed E-state index contributed by atoms with van der Waals surface area (Å²) in [6, 6.07) is 0. The zero-order valence-corrected chi connectivity index (χ0v) is 16.2. The number of hydrogen-bond donors (Lipinski definition) is 1. The van der Waals surface area contributed by atoms with Crippen molar-refractivity contribution >= 4 is 28.3 Å². The average molecular weight is 381 g/mol. The minimum absolute atomic E-state index is 0.0655. The number of likely N-dealkylation sites (tertiary alicyclic amines) is 1. The number of piperidine rings is 1. The predicted octanol–water partition coefficient (Wildman–Crippen LogP) is 2.07. The lowest BCUT2D eigenvalue weighted by Gasteiger charge is -2.36. The summed E-state index contributed by atoms with van der Waals surface area (Å²) in [5.74, 6) is -0.0122. The van der Waals surface area contributed by atoms with E-state index < -0.39 is 0 Å². The molecule has 1 aromatic rings. The highest BCUT2D eigenvalue weighted by atomic mass is 32.1. The van der Waals surface area contributed by atoms with Gasteiger partial charge in [-0.15, -0.1) is 11.3 Å². The van der Waals surface area contributed by atoms with E-state index in [2.05, 4.69) is 17.2 Å². The van der Waals surface area contributed by atoms with Crippen LogP contribution in [0.15, 0.2) is 5.38 Å². The molecule has 7 nitrogen and oxygen atoms in total. The van der Waals surface area contributed by atoms with Gasteiger partial charge < -0.3 is 19.9 Å². The third-order valence-electron chi connectivity index (χ3n) is 4.91. The number of morpholine rings is 1. The van der Waals surface area contributed by atoms with Crippen LogP contribution in [-0.2, 0) is 9.53 Å². The van der Waals surface area contributed by atoms with Crippen LogP contribution in [0.4, 0.5) is 5.13 Å². The quantitative estimate of drug-likeness (QED) is 0.765. The number of anilines is 1. The minimum atomic E-state index is -0.105. The molecule has 0 spiro atoms. The average Bonchev–Trinajstić information content (AvgIpc) is 3.17. The lowest BCUT2D eigenvalue weighted by atomic mass is 9.96. The second kappa shape index (κ2) is 9.32. The summed E-state index contributed by atoms with van der Waals surface area (Å²) in [6.45, 7) is 6.72. The Kier molecular flexibility index (Phi) is 6.85. The molecular weight excluding hydrogens is 352 g/mol. The van der Waals surface area contributed by atoms with Crippen LogP contribution in [0.25, 0.3) is 0 Å². The molecule has 2 amide bonds. The largest absolute Gasteiger partial charge is 0.378 e. The van der Waals surface area contributed by atoms with E-state index in [0.29, 0.717) is 45.1 Å². The van der Waals surface area contributed by atoms with Gasteiger partial charge in [-0.3, -0.25) is 9.59 Å². The standard InChI is InChI=1S/C18H28N4O3S/c1-2-3-6-19-18-20-15(13-26-18)17(24)22-7-4-5-14(12-22)16(23)21-8-10-25-11-9-21/h13-14H,2-12H2,1H3,(H,19,20). The minimum Gasteiger partial charge on any atom is -0.378 e. The van der Waals surface area contributed by atoms with Gasteiger partial charge in [0.2, 0.25) is 5.91 Å². The van der Waals surface area contributed by atoms with Crippen LogP contribution in [-0.4, -0.2) is 72.5 Å². The highest BCUT2D eigenvalue weighted by Crippen LogP contribution is 2.23. The van der Waals surface area contributed by atoms with Crippen molar-refractivity contribution in [2.75, 3.05) is 51.3 Å². The Morgan fingerprint density at radius 3 is 2.88 bits per heavy atom. The summed E-state index contributed by atoms with van der Waals surface area (Å²) in [5.41, 5.74) is 0.480. The first kappa shape index (κ1) is 19.1. The molecule has 2 saturated heterocycles. The molecule has 0 aromatic carbocycles. The fourth-order valence-electron chi connectivity index (χ4n) is 3.39. The topological polar surface area (TPSA) is 74.8 Å². The maximum absolute atomic E-state index is 12.8. The normalized spacial score (nSPS) is 20.9. The van der Waals surface area contributed by atoms with Crippen molar-refractivity contribution in [2.24, 2.45) is 5.92 Å². The number of ether oxygens (including phenoxy) is 1. The van der Waals surface area contributed by atoms with Gasteiger partial charge >= 0.3 is 0 Å². The van der Waals surface area contributed by atoms with E-state index in [4.69, 9.17) is 4.74 Å². The van der Waals surface area contributed by atoms with Gasteiger partial charge in [0.15, 0.2) is 5.13 Å². The zero-order chi connectivity index (χ0) is 18.4. The Labute approximate surface area is 158 Å². The lowest BCUT2D eigenvalue weighted by molar-refractivity contribution is -0.141. The van der Waals surface area contributed by atoms with Gasteiger partial charge in [0, 0.05) is 38.1 Å². The molecule has 2 fully saturated rings. The summed E-state index contributed by atoms with van der Waals surface area (Å²) in [6.07, 6.45) is 3.91. The monoisotopic (exact) mass is 380 g/mol. The highest BCUT2D eigenvalue weighted by molar-refractivity contribution is 7.13. The molecule has 3 rings (SSSR count). The van der Waals surface area contributed by atoms with Crippen molar-refractivity contribution in [3.05, 3.63) is 11.1 Å². The van der Waals surface area contributed by atoms with Crippen LogP contribution in [0.3, 0.4) is 0 Å². The maximum Gasteiger partial charge on any atom is 0.273 e. The number of unbranched alkanes of at least 4 members (excludes halogenated alkanes) is 1. The SMILES string of the molecule is CCCCNc1nc(C(=O)N2CCCC(C(=O)N3CCOCC3)C2)cs1. The Morgan fingerprint density at radius 2 is 2.12 bits per heavy atom. The van der Waals surface area contributed by atoms with Gasteiger partial charge in [0.1, 0.15) is 5.69 Å². The molecule has 1 N–H and O–H groups in total. The van der Waals surface area contributed by atoms with Gasteiger partial charge in [-0.1, -0.05) is 13.3 Å². The molecule has 0 saturated carbocycles. The van der Waals surface area contributed by atoms with Gasteiger partial charge in [-0.05, 0) is 19.3 Å². The summed E-state index contributed by atoms with van der Waals surface area (Å²) in [4.78, 5) is 33.6. The van der Waals surface area contributed by atoms with Gasteiger partial charge in [-0.25, -0.2) is 4.98 Å². The third kappa shape index (κ3) is 4.73. The van der Waals surface area contributed by atoms with Gasteiger partial charge in [0.05, 0.1) is 19.1 Å². The van der Waals surface area contributed by atoms with Crippen LogP contribution in [0, 0.1) is 5.92 Å². The number of carbonyl (C=O) groups excluding carboxylic acids is 2. The molecule has 144 valence electrons. The van der Waals surface area contributed by atoms with Crippen molar-refractivity contribution in [2.45, 2.75) is 32.6 Å². The third-order valence-corrected chi connectivity index (χ3v) is 5.71. The molecule has 1 unspecified atom stereocenters. The molecular formula is C18H28N4O3S. The Bertz CT molecular complexity index is 615. The van der Waals surface area contributed by atoms with E-state index in [1.54, 1.807) is 4.90 Å². The summed E-state index contributed by atoms with van der Waals surface area (Å²) < 4.78 is 5.32. The van der Waals surface area contributed by atoms with Gasteiger partial charge in [-0.2, -0.15) is 0 Å². The van der Waals surface area contributed by atoms with Crippen molar-refractivity contribution in [3.8, 4) is 0 Å². The van der Waals surface area contributed by atoms with E-state index in [1.807, 2.05) is 10.3 Å². The summed E-state index contributed by atoms with van der Waals surface area (Å²) >= 11 is 1.46. The number of nitrogens with zero attached hydrogens (tertiary/aromatic N) is 3. The number of hydrogen-bond acceptors (Lipinski definition) is 6. The fourth-order valence-corrected chi connectivity index (χ4v) is 4.11. The number of amides is 2. The molecule has 8 heteroatoms. The molecule has 1 atom stereocenters. The van der Waals surface area contributed by atoms with Crippen molar-refractivity contribution < 1.29 is 14.3 Å². The lowest BCUT2D eigenvalue weighted by Crippen LogP contribution is -2.49. The first-order valence-electron chi connectivity index (χ1n) is 9.54. The predicted molar refractivity (Wildman–Crippen MR) is 102 cm³/mol. The fraction of sp³-hybridized carbons (Fsp3) is 0.722. The van der Waals surface area contributed by atoms with E-state index in [9.17, 15) is 9.59 Å². The second-order valence-electron chi connectivity index (χ2n) is 6.85. The van der Waals surface area contributed by atoms with Crippen LogP contribution in [0.2, 0.25) is 0 Å². The summed E-state index contributed by atoms with van der Waals surface area (Å²) in [7, 11) is 0. The molecule has 0 bridgehead atoms. The first-order valence-corrected chi connectivity index (χ1v) is 10.4. The second-order valence-corrected chi connectivity index (χ2v) is 7.70. The Hall–Kier alpha value is -1.67. The number of rotatable bonds is 6. The van der Waals surface area contributed by atoms with E-state index in [1.165, 1.54) is 11.3 Å². The molecule has 3 heterocycles. The number of aromatic nitrogens is 1. The molecule has 0 radical (unpaired) electrons. The van der Waals surface area contributed by atoms with E-state index in [0.717, 1.165) is 37.4 Å². The van der Waals surface area contributed by atoms with Crippen LogP contribution in [0.1, 0.15) is 43.1 Å². The van der Waals surface area contributed by atoms with E-state index in [-0.39, 0.29) is 17.7 Å². The van der Waals surface area contributed by atoms with E-state index >= 15 is 0 Å². The van der Waals surface area contributed by atoms with Crippen molar-refractivity contribution in [3.63, 3.8) is 0 Å². The van der Waals surface area contributed by atoms with Crippen LogP contribution < -0.4 is 5.32 Å². The van der Waals surface area contributed by atoms with Crippen LogP contribution >= 0.6 is 11.3 Å². The number of thiazole rings is 1. The van der Waals surface area contributed by atoms with Gasteiger partial charge in [0.25, 0.3) is 5.91 Å². The molecule has 2 aliphatic rings. The molecule has 2 aliphatic heterocycles. The zero-order valence-electron chi connectivity index (χ0n) is 15.4. The smallest absolute Gasteiger partial charge is 0.273 e. The number of nitrogens with one attached hydrogen (secondary N) is 1. The Morgan fingerprint density at radius 1 is 1.31 bits per heavy atom. The highest BCUT2D eigenvalue weighted by Gasteiger charge is 2.32. The van der Waals surface area contributed by atoms with Crippen molar-refractivity contribution in [1.82, 2.24) is 14.8 Å². The summed E-state index contributed by atoms with van der Waals surface area (Å²) in [5, 5.41) is 5.86. The molecule has 0 aliphatic carbocycles. The molecule has 26 heavy (non-hydrogen) atoms. The Balaban J connectivity index is 1.56. The van der Waals surface area contributed by atoms with Crippen LogP contribution in [0.5, 0.6) is 0 Å². The molecule has 1 aromatic heterocycles. The first-order chi connectivity index (χ1) is 12.7. The maximum atomic E-state index is 12.8.